The maximum atomic E-state index is 12.0. The Bertz CT molecular complexity index is 713. The van der Waals surface area contributed by atoms with Gasteiger partial charge in [0, 0.05) is 0 Å². The Morgan fingerprint density at radius 3 is 2.26 bits per heavy atom. The molecule has 2 aromatic rings. The molecule has 1 amide bonds. The molecule has 0 fully saturated rings. The number of nitrogens with one attached hydrogen (secondary N) is 1. The van der Waals surface area contributed by atoms with Crippen LogP contribution in [0.15, 0.2) is 54.6 Å². The number of benzene rings is 2. The van der Waals surface area contributed by atoms with Gasteiger partial charge >= 0.3 is 5.97 Å². The van der Waals surface area contributed by atoms with Crippen molar-refractivity contribution in [2.45, 2.75) is 13.8 Å². The topological polar surface area (TPSA) is 73.9 Å². The van der Waals surface area contributed by atoms with Gasteiger partial charge in [0.25, 0.3) is 5.91 Å². The van der Waals surface area contributed by atoms with Crippen LogP contribution in [0.4, 0.5) is 0 Å². The summed E-state index contributed by atoms with van der Waals surface area (Å²) in [7, 11) is 0. The number of hydrogen-bond acceptors (Lipinski definition) is 5. The van der Waals surface area contributed by atoms with Crippen molar-refractivity contribution in [3.05, 3.63) is 60.2 Å². The third kappa shape index (κ3) is 7.81. The maximum absolute atomic E-state index is 12.0. The SMILES string of the molecule is CC(C)COc1ccc(C(=O)OCC(=O)NCCOc2ccccc2)cc1. The van der Waals surface area contributed by atoms with Gasteiger partial charge in [0.05, 0.1) is 18.7 Å². The van der Waals surface area contributed by atoms with Gasteiger partial charge < -0.3 is 19.5 Å². The highest BCUT2D eigenvalue weighted by atomic mass is 16.5. The molecular formula is C21H25NO5. The van der Waals surface area contributed by atoms with E-state index in [1.807, 2.05) is 30.3 Å². The van der Waals surface area contributed by atoms with E-state index >= 15 is 0 Å². The van der Waals surface area contributed by atoms with Gasteiger partial charge in [0.15, 0.2) is 6.61 Å². The molecule has 27 heavy (non-hydrogen) atoms. The predicted molar refractivity (Wildman–Crippen MR) is 102 cm³/mol. The van der Waals surface area contributed by atoms with E-state index in [0.29, 0.717) is 37.0 Å². The Kier molecular flexibility index (Phi) is 8.16. The minimum absolute atomic E-state index is 0.327. The summed E-state index contributed by atoms with van der Waals surface area (Å²) in [4.78, 5) is 23.7. The molecule has 0 aliphatic heterocycles. The summed E-state index contributed by atoms with van der Waals surface area (Å²) in [5.74, 6) is 0.916. The van der Waals surface area contributed by atoms with Crippen LogP contribution in [0.25, 0.3) is 0 Å². The van der Waals surface area contributed by atoms with Crippen LogP contribution in [-0.2, 0) is 9.53 Å². The van der Waals surface area contributed by atoms with Crippen LogP contribution >= 0.6 is 0 Å². The van der Waals surface area contributed by atoms with E-state index in [2.05, 4.69) is 19.2 Å². The van der Waals surface area contributed by atoms with Crippen molar-refractivity contribution < 1.29 is 23.8 Å². The first-order valence-corrected chi connectivity index (χ1v) is 8.89. The number of carbonyl (C=O) groups excluding carboxylic acids is 2. The minimum atomic E-state index is -0.555. The first kappa shape index (κ1) is 20.3. The van der Waals surface area contributed by atoms with Crippen LogP contribution in [0.3, 0.4) is 0 Å². The fraction of sp³-hybridized carbons (Fsp3) is 0.333. The van der Waals surface area contributed by atoms with E-state index in [1.165, 1.54) is 0 Å². The molecule has 0 saturated heterocycles. The lowest BCUT2D eigenvalue weighted by molar-refractivity contribution is -0.124. The normalized spacial score (nSPS) is 10.3. The third-order valence-electron chi connectivity index (χ3n) is 3.44. The molecule has 0 aliphatic rings. The highest BCUT2D eigenvalue weighted by Gasteiger charge is 2.10. The molecule has 0 saturated carbocycles. The summed E-state index contributed by atoms with van der Waals surface area (Å²) in [5, 5.41) is 2.63. The quantitative estimate of drug-likeness (QED) is 0.513. The van der Waals surface area contributed by atoms with Crippen LogP contribution in [-0.4, -0.2) is 38.2 Å². The summed E-state index contributed by atoms with van der Waals surface area (Å²) < 4.78 is 16.0. The van der Waals surface area contributed by atoms with Crippen molar-refractivity contribution in [3.63, 3.8) is 0 Å². The number of amides is 1. The molecule has 0 heterocycles. The van der Waals surface area contributed by atoms with E-state index < -0.39 is 5.97 Å². The largest absolute Gasteiger partial charge is 0.493 e. The second kappa shape index (κ2) is 10.9. The Hall–Kier alpha value is -3.02. The van der Waals surface area contributed by atoms with Crippen molar-refractivity contribution >= 4 is 11.9 Å². The van der Waals surface area contributed by atoms with Crippen molar-refractivity contribution in [2.24, 2.45) is 5.92 Å². The van der Waals surface area contributed by atoms with Gasteiger partial charge in [-0.05, 0) is 42.3 Å². The van der Waals surface area contributed by atoms with Gasteiger partial charge in [-0.3, -0.25) is 4.79 Å². The van der Waals surface area contributed by atoms with Gasteiger partial charge in [-0.2, -0.15) is 0 Å². The smallest absolute Gasteiger partial charge is 0.338 e. The minimum Gasteiger partial charge on any atom is -0.493 e. The lowest BCUT2D eigenvalue weighted by atomic mass is 10.2. The molecule has 0 spiro atoms. The number of ether oxygens (including phenoxy) is 3. The van der Waals surface area contributed by atoms with E-state index in [1.54, 1.807) is 24.3 Å². The van der Waals surface area contributed by atoms with E-state index in [0.717, 1.165) is 5.75 Å². The molecule has 6 heteroatoms. The molecule has 0 atom stereocenters. The third-order valence-corrected chi connectivity index (χ3v) is 3.44. The Morgan fingerprint density at radius 2 is 1.59 bits per heavy atom. The molecule has 2 aromatic carbocycles. The van der Waals surface area contributed by atoms with Crippen molar-refractivity contribution in [1.82, 2.24) is 5.32 Å². The molecule has 0 radical (unpaired) electrons. The van der Waals surface area contributed by atoms with Crippen molar-refractivity contribution in [2.75, 3.05) is 26.4 Å². The highest BCUT2D eigenvalue weighted by molar-refractivity contribution is 5.91. The van der Waals surface area contributed by atoms with Crippen molar-refractivity contribution in [3.8, 4) is 11.5 Å². The van der Waals surface area contributed by atoms with E-state index in [-0.39, 0.29) is 12.5 Å². The fourth-order valence-electron chi connectivity index (χ4n) is 2.09. The fourth-order valence-corrected chi connectivity index (χ4v) is 2.09. The van der Waals surface area contributed by atoms with E-state index in [4.69, 9.17) is 14.2 Å². The Morgan fingerprint density at radius 1 is 0.926 bits per heavy atom. The zero-order valence-corrected chi connectivity index (χ0v) is 15.6. The van der Waals surface area contributed by atoms with Gasteiger partial charge in [-0.25, -0.2) is 4.79 Å². The molecule has 0 bridgehead atoms. The molecule has 1 N–H and O–H groups in total. The van der Waals surface area contributed by atoms with Crippen molar-refractivity contribution in [1.29, 1.82) is 0 Å². The molecule has 0 unspecified atom stereocenters. The van der Waals surface area contributed by atoms with Crippen LogP contribution in [0, 0.1) is 5.92 Å². The lowest BCUT2D eigenvalue weighted by Crippen LogP contribution is -2.32. The molecular weight excluding hydrogens is 346 g/mol. The maximum Gasteiger partial charge on any atom is 0.338 e. The van der Waals surface area contributed by atoms with Crippen LogP contribution in [0.1, 0.15) is 24.2 Å². The van der Waals surface area contributed by atoms with Crippen LogP contribution < -0.4 is 14.8 Å². The summed E-state index contributed by atoms with van der Waals surface area (Å²) >= 11 is 0. The summed E-state index contributed by atoms with van der Waals surface area (Å²) in [6.07, 6.45) is 0. The molecule has 0 aliphatic carbocycles. The number of hydrogen-bond donors (Lipinski definition) is 1. The average Bonchev–Trinajstić information content (AvgIpc) is 2.69. The number of esters is 1. The molecule has 6 nitrogen and oxygen atoms in total. The number of para-hydroxylation sites is 1. The standard InChI is InChI=1S/C21H25NO5/c1-16(2)14-26-19-10-8-17(9-11-19)21(24)27-15-20(23)22-12-13-25-18-6-4-3-5-7-18/h3-11,16H,12-15H2,1-2H3,(H,22,23). The zero-order chi connectivity index (χ0) is 19.5. The second-order valence-electron chi connectivity index (χ2n) is 6.32. The summed E-state index contributed by atoms with van der Waals surface area (Å²) in [6.45, 7) is 5.05. The highest BCUT2D eigenvalue weighted by Crippen LogP contribution is 2.14. The first-order chi connectivity index (χ1) is 13.0. The number of carbonyl (C=O) groups is 2. The zero-order valence-electron chi connectivity index (χ0n) is 15.6. The van der Waals surface area contributed by atoms with Gasteiger partial charge in [0.2, 0.25) is 0 Å². The predicted octanol–water partition coefficient (Wildman–Crippen LogP) is 3.07. The summed E-state index contributed by atoms with van der Waals surface area (Å²) in [6, 6.07) is 16.0. The monoisotopic (exact) mass is 371 g/mol. The first-order valence-electron chi connectivity index (χ1n) is 8.89. The molecule has 2 rings (SSSR count). The lowest BCUT2D eigenvalue weighted by Gasteiger charge is -2.10. The van der Waals surface area contributed by atoms with Gasteiger partial charge in [0.1, 0.15) is 18.1 Å². The number of rotatable bonds is 10. The van der Waals surface area contributed by atoms with Crippen LogP contribution in [0.5, 0.6) is 11.5 Å². The van der Waals surface area contributed by atoms with Crippen LogP contribution in [0.2, 0.25) is 0 Å². The Labute approximate surface area is 159 Å². The van der Waals surface area contributed by atoms with Gasteiger partial charge in [-0.1, -0.05) is 32.0 Å². The average molecular weight is 371 g/mol. The molecule has 144 valence electrons. The Balaban J connectivity index is 1.64. The van der Waals surface area contributed by atoms with Gasteiger partial charge in [-0.15, -0.1) is 0 Å². The van der Waals surface area contributed by atoms with E-state index in [9.17, 15) is 9.59 Å². The molecule has 0 aromatic heterocycles. The summed E-state index contributed by atoms with van der Waals surface area (Å²) in [5.41, 5.74) is 0.368. The second-order valence-corrected chi connectivity index (χ2v) is 6.32.